The summed E-state index contributed by atoms with van der Waals surface area (Å²) >= 11 is 5.78. The van der Waals surface area contributed by atoms with E-state index in [1.54, 1.807) is 24.3 Å². The predicted molar refractivity (Wildman–Crippen MR) is 86.5 cm³/mol. The van der Waals surface area contributed by atoms with Crippen molar-refractivity contribution in [2.45, 2.75) is 32.1 Å². The molecule has 2 rings (SSSR count). The monoisotopic (exact) mass is 337 g/mol. The highest BCUT2D eigenvalue weighted by molar-refractivity contribution is 6.30. The number of halogens is 1. The van der Waals surface area contributed by atoms with Gasteiger partial charge in [0.2, 0.25) is 11.8 Å². The lowest BCUT2D eigenvalue weighted by Crippen LogP contribution is -2.48. The van der Waals surface area contributed by atoms with Crippen molar-refractivity contribution in [1.82, 2.24) is 15.8 Å². The first-order valence-electron chi connectivity index (χ1n) is 7.64. The van der Waals surface area contributed by atoms with Crippen LogP contribution in [-0.2, 0) is 20.8 Å². The van der Waals surface area contributed by atoms with Gasteiger partial charge in [-0.15, -0.1) is 0 Å². The lowest BCUT2D eigenvalue weighted by molar-refractivity contribution is -0.136. The van der Waals surface area contributed by atoms with Crippen LogP contribution in [0.25, 0.3) is 0 Å². The van der Waals surface area contributed by atoms with Crippen molar-refractivity contribution in [2.24, 2.45) is 0 Å². The van der Waals surface area contributed by atoms with Gasteiger partial charge in [0.1, 0.15) is 6.54 Å². The molecule has 124 valence electrons. The summed E-state index contributed by atoms with van der Waals surface area (Å²) in [6.45, 7) is 0.561. The Morgan fingerprint density at radius 2 is 1.74 bits per heavy atom. The van der Waals surface area contributed by atoms with Gasteiger partial charge in [-0.1, -0.05) is 30.2 Å². The van der Waals surface area contributed by atoms with Gasteiger partial charge in [-0.05, 0) is 30.5 Å². The van der Waals surface area contributed by atoms with Gasteiger partial charge < -0.3 is 4.90 Å². The Morgan fingerprint density at radius 1 is 1.04 bits per heavy atom. The SMILES string of the molecule is O=C(Cc1ccc(Cl)cc1)NNC(=O)CN1CCCCCC1=O. The standard InChI is InChI=1S/C16H20ClN3O3/c17-13-7-5-12(6-8-13)10-14(21)18-19-15(22)11-20-9-3-1-2-4-16(20)23/h5-8H,1-4,9-11H2,(H,18,21)(H,19,22). The summed E-state index contributed by atoms with van der Waals surface area (Å²) in [7, 11) is 0. The second-order valence-electron chi connectivity index (χ2n) is 5.53. The van der Waals surface area contributed by atoms with Crippen molar-refractivity contribution >= 4 is 29.3 Å². The number of carbonyl (C=O) groups excluding carboxylic acids is 3. The number of rotatable bonds is 4. The number of carbonyl (C=O) groups is 3. The number of likely N-dealkylation sites (tertiary alicyclic amines) is 1. The molecule has 0 aromatic heterocycles. The normalized spacial score (nSPS) is 15.0. The minimum absolute atomic E-state index is 0.00913. The van der Waals surface area contributed by atoms with Crippen LogP contribution in [0, 0.1) is 0 Å². The van der Waals surface area contributed by atoms with Gasteiger partial charge in [-0.25, -0.2) is 0 Å². The van der Waals surface area contributed by atoms with Crippen LogP contribution < -0.4 is 10.9 Å². The lowest BCUT2D eigenvalue weighted by atomic mass is 10.1. The Labute approximate surface area is 140 Å². The predicted octanol–water partition coefficient (Wildman–Crippen LogP) is 1.43. The van der Waals surface area contributed by atoms with E-state index in [4.69, 9.17) is 11.6 Å². The number of benzene rings is 1. The molecule has 1 aromatic carbocycles. The van der Waals surface area contributed by atoms with E-state index in [2.05, 4.69) is 10.9 Å². The molecule has 0 aliphatic carbocycles. The molecule has 1 aliphatic rings. The summed E-state index contributed by atoms with van der Waals surface area (Å²) in [6, 6.07) is 6.90. The van der Waals surface area contributed by atoms with Crippen molar-refractivity contribution in [3.63, 3.8) is 0 Å². The highest BCUT2D eigenvalue weighted by atomic mass is 35.5. The third-order valence-electron chi connectivity index (χ3n) is 3.63. The molecular formula is C16H20ClN3O3. The molecule has 0 radical (unpaired) electrons. The summed E-state index contributed by atoms with van der Waals surface area (Å²) in [4.78, 5) is 36.9. The third-order valence-corrected chi connectivity index (χ3v) is 3.88. The molecule has 1 heterocycles. The number of amides is 3. The zero-order chi connectivity index (χ0) is 16.7. The Bertz CT molecular complexity index is 574. The van der Waals surface area contributed by atoms with Crippen LogP contribution >= 0.6 is 11.6 Å². The molecule has 0 bridgehead atoms. The first kappa shape index (κ1) is 17.3. The summed E-state index contributed by atoms with van der Waals surface area (Å²) in [5.41, 5.74) is 5.50. The third kappa shape index (κ3) is 5.90. The summed E-state index contributed by atoms with van der Waals surface area (Å²) in [6.07, 6.45) is 3.40. The minimum atomic E-state index is -0.398. The number of nitrogens with zero attached hydrogens (tertiary/aromatic N) is 1. The highest BCUT2D eigenvalue weighted by Crippen LogP contribution is 2.11. The first-order valence-corrected chi connectivity index (χ1v) is 8.02. The fraction of sp³-hybridized carbons (Fsp3) is 0.438. The Balaban J connectivity index is 1.73. The molecule has 1 fully saturated rings. The second kappa shape index (κ2) is 8.53. The van der Waals surface area contributed by atoms with Crippen molar-refractivity contribution < 1.29 is 14.4 Å². The molecule has 0 spiro atoms. The molecule has 0 unspecified atom stereocenters. The molecule has 2 N–H and O–H groups in total. The topological polar surface area (TPSA) is 78.5 Å². The van der Waals surface area contributed by atoms with Gasteiger partial charge in [0.25, 0.3) is 5.91 Å². The van der Waals surface area contributed by atoms with Crippen LogP contribution in [0.5, 0.6) is 0 Å². The maximum Gasteiger partial charge on any atom is 0.257 e. The van der Waals surface area contributed by atoms with E-state index in [-0.39, 0.29) is 24.8 Å². The number of hydrogen-bond acceptors (Lipinski definition) is 3. The molecule has 23 heavy (non-hydrogen) atoms. The second-order valence-corrected chi connectivity index (χ2v) is 5.96. The Kier molecular flexibility index (Phi) is 6.40. The molecule has 1 aromatic rings. The fourth-order valence-corrected chi connectivity index (χ4v) is 2.52. The average molecular weight is 338 g/mol. The summed E-state index contributed by atoms with van der Waals surface area (Å²) in [5, 5.41) is 0.601. The van der Waals surface area contributed by atoms with E-state index in [0.29, 0.717) is 18.0 Å². The van der Waals surface area contributed by atoms with Crippen LogP contribution in [0.1, 0.15) is 31.2 Å². The van der Waals surface area contributed by atoms with Crippen molar-refractivity contribution in [3.8, 4) is 0 Å². The zero-order valence-electron chi connectivity index (χ0n) is 12.8. The molecule has 1 aliphatic heterocycles. The smallest absolute Gasteiger partial charge is 0.257 e. The van der Waals surface area contributed by atoms with Crippen LogP contribution in [0.2, 0.25) is 5.02 Å². The molecular weight excluding hydrogens is 318 g/mol. The van der Waals surface area contributed by atoms with E-state index < -0.39 is 5.91 Å². The number of nitrogens with one attached hydrogen (secondary N) is 2. The molecule has 6 nitrogen and oxygen atoms in total. The Hall–Kier alpha value is -2.08. The summed E-state index contributed by atoms with van der Waals surface area (Å²) < 4.78 is 0. The van der Waals surface area contributed by atoms with Gasteiger partial charge >= 0.3 is 0 Å². The molecule has 7 heteroatoms. The van der Waals surface area contributed by atoms with Gasteiger partial charge in [-0.2, -0.15) is 0 Å². The van der Waals surface area contributed by atoms with E-state index >= 15 is 0 Å². The van der Waals surface area contributed by atoms with Crippen LogP contribution in [0.3, 0.4) is 0 Å². The molecule has 3 amide bonds. The van der Waals surface area contributed by atoms with Gasteiger partial charge in [0.05, 0.1) is 6.42 Å². The van der Waals surface area contributed by atoms with Gasteiger partial charge in [0, 0.05) is 18.0 Å². The number of hydrazine groups is 1. The molecule has 1 saturated heterocycles. The van der Waals surface area contributed by atoms with Crippen LogP contribution in [-0.4, -0.2) is 35.7 Å². The minimum Gasteiger partial charge on any atom is -0.333 e. The maximum atomic E-state index is 11.8. The van der Waals surface area contributed by atoms with Crippen molar-refractivity contribution in [2.75, 3.05) is 13.1 Å². The summed E-state index contributed by atoms with van der Waals surface area (Å²) in [5.74, 6) is -0.738. The lowest BCUT2D eigenvalue weighted by Gasteiger charge is -2.19. The van der Waals surface area contributed by atoms with Crippen LogP contribution in [0.15, 0.2) is 24.3 Å². The van der Waals surface area contributed by atoms with E-state index in [9.17, 15) is 14.4 Å². The maximum absolute atomic E-state index is 11.8. The van der Waals surface area contributed by atoms with Crippen LogP contribution in [0.4, 0.5) is 0 Å². The molecule has 0 atom stereocenters. The average Bonchev–Trinajstić information content (AvgIpc) is 2.73. The van der Waals surface area contributed by atoms with E-state index in [1.165, 1.54) is 4.90 Å². The quantitative estimate of drug-likeness (QED) is 0.816. The van der Waals surface area contributed by atoms with Crippen molar-refractivity contribution in [1.29, 1.82) is 0 Å². The van der Waals surface area contributed by atoms with Crippen molar-refractivity contribution in [3.05, 3.63) is 34.9 Å². The first-order chi connectivity index (χ1) is 11.0. The zero-order valence-corrected chi connectivity index (χ0v) is 13.6. The molecule has 0 saturated carbocycles. The van der Waals surface area contributed by atoms with E-state index in [1.807, 2.05) is 0 Å². The number of hydrogen-bond donors (Lipinski definition) is 2. The Morgan fingerprint density at radius 3 is 2.48 bits per heavy atom. The van der Waals surface area contributed by atoms with E-state index in [0.717, 1.165) is 24.8 Å². The van der Waals surface area contributed by atoms with Gasteiger partial charge in [0.15, 0.2) is 0 Å². The van der Waals surface area contributed by atoms with Gasteiger partial charge in [-0.3, -0.25) is 25.2 Å². The largest absolute Gasteiger partial charge is 0.333 e. The fourth-order valence-electron chi connectivity index (χ4n) is 2.39. The highest BCUT2D eigenvalue weighted by Gasteiger charge is 2.19.